The van der Waals surface area contributed by atoms with E-state index >= 15 is 0 Å². The van der Waals surface area contributed by atoms with E-state index in [1.54, 1.807) is 24.3 Å². The normalized spacial score (nSPS) is 10.2. The van der Waals surface area contributed by atoms with Crippen LogP contribution in [0, 0.1) is 11.6 Å². The zero-order valence-corrected chi connectivity index (χ0v) is 11.1. The van der Waals surface area contributed by atoms with Crippen LogP contribution >= 0.6 is 0 Å². The minimum absolute atomic E-state index is 0.0406. The van der Waals surface area contributed by atoms with Gasteiger partial charge in [0.15, 0.2) is 6.61 Å². The average Bonchev–Trinajstić information content (AvgIpc) is 2.45. The third-order valence-corrected chi connectivity index (χ3v) is 2.68. The number of nitrogens with two attached hydrogens (primary N) is 1. The summed E-state index contributed by atoms with van der Waals surface area (Å²) in [6.45, 7) is 0.0734. The van der Waals surface area contributed by atoms with Crippen LogP contribution in [0.25, 0.3) is 0 Å². The van der Waals surface area contributed by atoms with Crippen molar-refractivity contribution in [2.24, 2.45) is 5.73 Å². The van der Waals surface area contributed by atoms with Crippen molar-refractivity contribution in [3.05, 3.63) is 59.7 Å². The van der Waals surface area contributed by atoms with Crippen LogP contribution < -0.4 is 15.8 Å². The number of anilines is 1. The van der Waals surface area contributed by atoms with Gasteiger partial charge in [0, 0.05) is 30.4 Å². The minimum atomic E-state index is -0.761. The molecule has 6 heteroatoms. The Morgan fingerprint density at radius 1 is 1.10 bits per heavy atom. The topological polar surface area (TPSA) is 64.3 Å². The Morgan fingerprint density at radius 3 is 2.29 bits per heavy atom. The van der Waals surface area contributed by atoms with Crippen molar-refractivity contribution >= 4 is 11.6 Å². The smallest absolute Gasteiger partial charge is 0.262 e. The first kappa shape index (κ1) is 14.9. The van der Waals surface area contributed by atoms with Gasteiger partial charge < -0.3 is 15.8 Å². The Kier molecular flexibility index (Phi) is 4.84. The van der Waals surface area contributed by atoms with Crippen molar-refractivity contribution in [2.75, 3.05) is 11.9 Å². The monoisotopic (exact) mass is 292 g/mol. The first-order valence-corrected chi connectivity index (χ1v) is 6.24. The van der Waals surface area contributed by atoms with Gasteiger partial charge in [-0.2, -0.15) is 0 Å². The molecule has 0 spiro atoms. The summed E-state index contributed by atoms with van der Waals surface area (Å²) in [5, 5.41) is 2.60. The van der Waals surface area contributed by atoms with Gasteiger partial charge in [-0.15, -0.1) is 0 Å². The van der Waals surface area contributed by atoms with Gasteiger partial charge in [0.25, 0.3) is 5.91 Å². The van der Waals surface area contributed by atoms with Crippen molar-refractivity contribution in [3.8, 4) is 5.75 Å². The van der Waals surface area contributed by atoms with Crippen LogP contribution in [0.1, 0.15) is 5.56 Å². The molecule has 4 nitrogen and oxygen atoms in total. The molecule has 0 saturated carbocycles. The molecule has 110 valence electrons. The molecule has 0 atom stereocenters. The highest BCUT2D eigenvalue weighted by Gasteiger charge is 2.06. The predicted molar refractivity (Wildman–Crippen MR) is 74.8 cm³/mol. The number of hydrogen-bond acceptors (Lipinski definition) is 3. The quantitative estimate of drug-likeness (QED) is 0.889. The number of carbonyl (C=O) groups is 1. The molecule has 0 bridgehead atoms. The van der Waals surface area contributed by atoms with Crippen molar-refractivity contribution in [1.82, 2.24) is 0 Å². The van der Waals surface area contributed by atoms with Crippen LogP contribution in [0.3, 0.4) is 0 Å². The van der Waals surface area contributed by atoms with Crippen LogP contribution in [0.2, 0.25) is 0 Å². The standard InChI is InChI=1S/C15H14F2N2O2/c16-11-5-12(17)7-14(6-11)21-9-15(20)19-13-3-1-10(8-18)2-4-13/h1-7H,8-9,18H2,(H,19,20). The lowest BCUT2D eigenvalue weighted by atomic mass is 10.2. The molecule has 0 aromatic heterocycles. The zero-order chi connectivity index (χ0) is 15.2. The van der Waals surface area contributed by atoms with E-state index in [0.717, 1.165) is 23.8 Å². The summed E-state index contributed by atoms with van der Waals surface area (Å²) in [5.41, 5.74) is 7.00. The average molecular weight is 292 g/mol. The molecular weight excluding hydrogens is 278 g/mol. The molecule has 0 fully saturated rings. The second-order valence-corrected chi connectivity index (χ2v) is 4.34. The third-order valence-electron chi connectivity index (χ3n) is 2.68. The molecule has 2 rings (SSSR count). The van der Waals surface area contributed by atoms with Gasteiger partial charge in [-0.05, 0) is 17.7 Å². The number of amides is 1. The summed E-state index contributed by atoms with van der Waals surface area (Å²) in [4.78, 5) is 11.7. The number of ether oxygens (including phenoxy) is 1. The van der Waals surface area contributed by atoms with Crippen molar-refractivity contribution in [3.63, 3.8) is 0 Å². The fourth-order valence-electron chi connectivity index (χ4n) is 1.68. The fraction of sp³-hybridized carbons (Fsp3) is 0.133. The van der Waals surface area contributed by atoms with Gasteiger partial charge in [-0.1, -0.05) is 12.1 Å². The molecule has 0 aliphatic carbocycles. The van der Waals surface area contributed by atoms with Crippen molar-refractivity contribution in [2.45, 2.75) is 6.54 Å². The van der Waals surface area contributed by atoms with E-state index in [1.165, 1.54) is 0 Å². The lowest BCUT2D eigenvalue weighted by molar-refractivity contribution is -0.118. The molecule has 0 saturated heterocycles. The summed E-state index contributed by atoms with van der Waals surface area (Å²) in [7, 11) is 0. The molecule has 2 aromatic rings. The molecule has 1 amide bonds. The molecule has 21 heavy (non-hydrogen) atoms. The van der Waals surface area contributed by atoms with Gasteiger partial charge in [0.2, 0.25) is 0 Å². The van der Waals surface area contributed by atoms with Gasteiger partial charge >= 0.3 is 0 Å². The highest BCUT2D eigenvalue weighted by atomic mass is 19.1. The van der Waals surface area contributed by atoms with Gasteiger partial charge in [0.05, 0.1) is 0 Å². The second kappa shape index (κ2) is 6.81. The van der Waals surface area contributed by atoms with Crippen molar-refractivity contribution in [1.29, 1.82) is 0 Å². The summed E-state index contributed by atoms with van der Waals surface area (Å²) in [5.74, 6) is -1.99. The number of hydrogen-bond donors (Lipinski definition) is 2. The van der Waals surface area contributed by atoms with E-state index in [2.05, 4.69) is 5.32 Å². The molecule has 0 heterocycles. The highest BCUT2D eigenvalue weighted by Crippen LogP contribution is 2.15. The maximum absolute atomic E-state index is 12.9. The SMILES string of the molecule is NCc1ccc(NC(=O)COc2cc(F)cc(F)c2)cc1. The molecule has 3 N–H and O–H groups in total. The lowest BCUT2D eigenvalue weighted by Crippen LogP contribution is -2.20. The van der Waals surface area contributed by atoms with Gasteiger partial charge in [-0.25, -0.2) is 8.78 Å². The molecule has 0 radical (unpaired) electrons. The second-order valence-electron chi connectivity index (χ2n) is 4.34. The van der Waals surface area contributed by atoms with Gasteiger partial charge in [-0.3, -0.25) is 4.79 Å². The van der Waals surface area contributed by atoms with E-state index in [4.69, 9.17) is 10.5 Å². The fourth-order valence-corrected chi connectivity index (χ4v) is 1.68. The number of rotatable bonds is 5. The Hall–Kier alpha value is -2.47. The Labute approximate surface area is 120 Å². The van der Waals surface area contributed by atoms with E-state index in [-0.39, 0.29) is 12.4 Å². The minimum Gasteiger partial charge on any atom is -0.484 e. The molecule has 0 aliphatic rings. The largest absolute Gasteiger partial charge is 0.484 e. The maximum Gasteiger partial charge on any atom is 0.262 e. The van der Waals surface area contributed by atoms with E-state index in [1.807, 2.05) is 0 Å². The van der Waals surface area contributed by atoms with Crippen LogP contribution in [-0.4, -0.2) is 12.5 Å². The Morgan fingerprint density at radius 2 is 1.71 bits per heavy atom. The van der Waals surface area contributed by atoms with Crippen LogP contribution in [0.4, 0.5) is 14.5 Å². The number of carbonyl (C=O) groups excluding carboxylic acids is 1. The Bertz CT molecular complexity index is 610. The third kappa shape index (κ3) is 4.54. The maximum atomic E-state index is 12.9. The first-order chi connectivity index (χ1) is 10.1. The summed E-state index contributed by atoms with van der Waals surface area (Å²) >= 11 is 0. The van der Waals surface area contributed by atoms with Crippen molar-refractivity contribution < 1.29 is 18.3 Å². The number of halogens is 2. The highest BCUT2D eigenvalue weighted by molar-refractivity contribution is 5.91. The zero-order valence-electron chi connectivity index (χ0n) is 11.1. The summed E-state index contributed by atoms with van der Waals surface area (Å²) < 4.78 is 30.9. The van der Waals surface area contributed by atoms with E-state index < -0.39 is 17.5 Å². The molecule has 2 aromatic carbocycles. The van der Waals surface area contributed by atoms with Crippen LogP contribution in [-0.2, 0) is 11.3 Å². The van der Waals surface area contributed by atoms with Gasteiger partial charge in [0.1, 0.15) is 17.4 Å². The first-order valence-electron chi connectivity index (χ1n) is 6.24. The van der Waals surface area contributed by atoms with E-state index in [9.17, 15) is 13.6 Å². The van der Waals surface area contributed by atoms with Crippen LogP contribution in [0.15, 0.2) is 42.5 Å². The molecular formula is C15H14F2N2O2. The number of benzene rings is 2. The van der Waals surface area contributed by atoms with E-state index in [0.29, 0.717) is 12.2 Å². The Balaban J connectivity index is 1.89. The molecule has 0 unspecified atom stereocenters. The predicted octanol–water partition coefficient (Wildman–Crippen LogP) is 2.44. The number of nitrogens with one attached hydrogen (secondary N) is 1. The van der Waals surface area contributed by atoms with Crippen LogP contribution in [0.5, 0.6) is 5.75 Å². The summed E-state index contributed by atoms with van der Waals surface area (Å²) in [6, 6.07) is 9.74. The lowest BCUT2D eigenvalue weighted by Gasteiger charge is -2.08. The molecule has 0 aliphatic heterocycles. The summed E-state index contributed by atoms with van der Waals surface area (Å²) in [6.07, 6.45) is 0.